The van der Waals surface area contributed by atoms with Crippen LogP contribution in [0, 0.1) is 0 Å². The minimum absolute atomic E-state index is 0.422. The van der Waals surface area contributed by atoms with E-state index in [9.17, 15) is 0 Å². The van der Waals surface area contributed by atoms with Crippen molar-refractivity contribution in [2.24, 2.45) is 0 Å². The van der Waals surface area contributed by atoms with Gasteiger partial charge in [0.25, 0.3) is 0 Å². The van der Waals surface area contributed by atoms with Crippen LogP contribution in [0.5, 0.6) is 0 Å². The summed E-state index contributed by atoms with van der Waals surface area (Å²) in [6, 6.07) is 0. The number of unbranched alkanes of at least 4 members (excludes halogenated alkanes) is 6. The molecule has 0 aromatic carbocycles. The van der Waals surface area contributed by atoms with Crippen molar-refractivity contribution in [3.63, 3.8) is 0 Å². The molecule has 0 fully saturated rings. The van der Waals surface area contributed by atoms with Crippen molar-refractivity contribution in [2.45, 2.75) is 119 Å². The Kier molecular flexibility index (Phi) is 41.0. The Balaban J connectivity index is -0.000000412. The first-order valence-corrected chi connectivity index (χ1v) is 21.7. The second-order valence-electron chi connectivity index (χ2n) is 7.98. The van der Waals surface area contributed by atoms with E-state index in [1.165, 1.54) is 77.0 Å². The van der Waals surface area contributed by atoms with Gasteiger partial charge in [0.15, 0.2) is 0 Å². The average molecular weight is 563 g/mol. The van der Waals surface area contributed by atoms with Gasteiger partial charge in [-0.25, -0.2) is 0 Å². The van der Waals surface area contributed by atoms with Gasteiger partial charge in [0.2, 0.25) is 0 Å². The van der Waals surface area contributed by atoms with Gasteiger partial charge in [0, 0.05) is 0 Å². The van der Waals surface area contributed by atoms with Crippen LogP contribution >= 0.6 is 46.0 Å². The van der Waals surface area contributed by atoms with Crippen molar-refractivity contribution >= 4 is 46.0 Å². The van der Waals surface area contributed by atoms with Crippen LogP contribution < -0.4 is 0 Å². The first-order chi connectivity index (χ1) is 14.4. The van der Waals surface area contributed by atoms with Crippen LogP contribution in [0.15, 0.2) is 0 Å². The molecule has 0 spiro atoms. The summed E-state index contributed by atoms with van der Waals surface area (Å²) in [5.41, 5.74) is 0. The normalized spacial score (nSPS) is 10.8. The van der Waals surface area contributed by atoms with Crippen molar-refractivity contribution in [1.29, 1.82) is 0 Å². The predicted octanol–water partition coefficient (Wildman–Crippen LogP) is 11.8. The summed E-state index contributed by atoms with van der Waals surface area (Å²) in [6.07, 6.45) is 26.4. The summed E-state index contributed by atoms with van der Waals surface area (Å²) in [7, 11) is 15.6. The monoisotopic (exact) mass is 561 g/mol. The Hall–Kier alpha value is 2.26. The molecule has 187 valence electrons. The molecule has 0 aliphatic rings. The molecule has 0 aromatic heterocycles. The van der Waals surface area contributed by atoms with Crippen molar-refractivity contribution in [2.75, 3.05) is 37.0 Å². The zero-order valence-electron chi connectivity index (χ0n) is 21.2. The molecule has 0 aromatic rings. The number of hydrogen-bond donors (Lipinski definition) is 0. The Morgan fingerprint density at radius 2 is 0.533 bits per heavy atom. The summed E-state index contributed by atoms with van der Waals surface area (Å²) >= 11 is -1.62. The third kappa shape index (κ3) is 37.6. The van der Waals surface area contributed by atoms with Crippen LogP contribution in [0.2, 0.25) is 0 Å². The van der Waals surface area contributed by atoms with Crippen LogP contribution in [0.1, 0.15) is 119 Å². The summed E-state index contributed by atoms with van der Waals surface area (Å²) in [5, 5.41) is 0. The molecule has 0 nitrogen and oxygen atoms in total. The maximum atomic E-state index is 4.93. The zero-order chi connectivity index (χ0) is 23.5. The first-order valence-electron chi connectivity index (χ1n) is 12.6. The quantitative estimate of drug-likeness (QED) is 0.146. The standard InChI is InChI=1S/2C12H27P.3ClH.Cr/c2*1-4-7-10-13(11-8-5-2)12-9-6-3;;;;/h2*4-12H2,1-3H3;3*1H;/q;;;;;+3/p-3. The van der Waals surface area contributed by atoms with Gasteiger partial charge in [0.05, 0.1) is 0 Å². The second-order valence-corrected chi connectivity index (χ2v) is 19.7. The Labute approximate surface area is 211 Å². The predicted molar refractivity (Wildman–Crippen MR) is 150 cm³/mol. The van der Waals surface area contributed by atoms with Crippen LogP contribution in [-0.2, 0) is 11.4 Å². The maximum absolute atomic E-state index is 4.93. The van der Waals surface area contributed by atoms with Crippen LogP contribution in [-0.4, -0.2) is 37.0 Å². The van der Waals surface area contributed by atoms with Gasteiger partial charge in [-0.15, -0.1) is 15.8 Å². The third-order valence-corrected chi connectivity index (χ3v) is 10.7. The van der Waals surface area contributed by atoms with Gasteiger partial charge < -0.3 is 0 Å². The van der Waals surface area contributed by atoms with Crippen molar-refractivity contribution in [3.05, 3.63) is 0 Å². The summed E-state index contributed by atoms with van der Waals surface area (Å²) < 4.78 is 0. The molecule has 0 N–H and O–H groups in total. The number of rotatable bonds is 18. The minimum atomic E-state index is -1.62. The molecule has 0 bridgehead atoms. The molecule has 0 aliphatic carbocycles. The fourth-order valence-electron chi connectivity index (χ4n) is 2.96. The van der Waals surface area contributed by atoms with E-state index in [0.717, 1.165) is 0 Å². The van der Waals surface area contributed by atoms with Crippen LogP contribution in [0.25, 0.3) is 0 Å². The van der Waals surface area contributed by atoms with Gasteiger partial charge in [-0.3, -0.25) is 0 Å². The molecule has 0 heterocycles. The van der Waals surface area contributed by atoms with E-state index < -0.39 is 11.4 Å². The molecule has 0 aliphatic heterocycles. The van der Waals surface area contributed by atoms with Crippen LogP contribution in [0.4, 0.5) is 0 Å². The third-order valence-electron chi connectivity index (χ3n) is 4.97. The molecule has 0 radical (unpaired) electrons. The van der Waals surface area contributed by atoms with Crippen LogP contribution in [0.3, 0.4) is 0 Å². The number of halogens is 3. The number of hydrogen-bond acceptors (Lipinski definition) is 0. The topological polar surface area (TPSA) is 0 Å². The fourth-order valence-corrected chi connectivity index (χ4v) is 8.88. The molecular weight excluding hydrogens is 509 g/mol. The molecule has 0 unspecified atom stereocenters. The van der Waals surface area contributed by atoms with Crippen molar-refractivity contribution < 1.29 is 11.4 Å². The molecule has 0 saturated carbocycles. The summed E-state index contributed by atoms with van der Waals surface area (Å²) in [6.45, 7) is 13.9. The summed E-state index contributed by atoms with van der Waals surface area (Å²) in [5.74, 6) is 0. The van der Waals surface area contributed by atoms with E-state index >= 15 is 0 Å². The van der Waals surface area contributed by atoms with E-state index in [-0.39, 0.29) is 0 Å². The average Bonchev–Trinajstić information content (AvgIpc) is 2.72. The van der Waals surface area contributed by atoms with Gasteiger partial charge >= 0.3 is 41.5 Å². The van der Waals surface area contributed by atoms with Gasteiger partial charge in [-0.05, 0) is 75.5 Å². The molecule has 0 amide bonds. The summed E-state index contributed by atoms with van der Waals surface area (Å²) in [4.78, 5) is 0. The van der Waals surface area contributed by atoms with E-state index in [4.69, 9.17) is 30.1 Å². The van der Waals surface area contributed by atoms with E-state index in [2.05, 4.69) is 41.5 Å². The van der Waals surface area contributed by atoms with Crippen molar-refractivity contribution in [1.82, 2.24) is 0 Å². The Bertz CT molecular complexity index is 220. The molecule has 6 heteroatoms. The SMILES string of the molecule is CCCCP(CCCC)CCCC.CCCCP(CCCC)CCCC.[Cl][Cr]([Cl])[Cl]. The van der Waals surface area contributed by atoms with Crippen molar-refractivity contribution in [3.8, 4) is 0 Å². The van der Waals surface area contributed by atoms with Gasteiger partial charge in [0.1, 0.15) is 0 Å². The van der Waals surface area contributed by atoms with Gasteiger partial charge in [-0.2, -0.15) is 0 Å². The fraction of sp³-hybridized carbons (Fsp3) is 1.00. The van der Waals surface area contributed by atoms with E-state index in [0.29, 0.717) is 15.8 Å². The van der Waals surface area contributed by atoms with Gasteiger partial charge in [-0.1, -0.05) is 80.1 Å². The van der Waals surface area contributed by atoms with E-state index in [1.807, 2.05) is 0 Å². The Morgan fingerprint density at radius 3 is 0.633 bits per heavy atom. The first kappa shape index (κ1) is 36.8. The second kappa shape index (κ2) is 33.4. The van der Waals surface area contributed by atoms with E-state index in [1.54, 1.807) is 37.0 Å². The molecule has 0 saturated heterocycles. The molecule has 0 rings (SSSR count). The molecule has 0 atom stereocenters. The zero-order valence-corrected chi connectivity index (χ0v) is 26.5. The molecular formula is C24H54Cl3CrP2. The molecule has 30 heavy (non-hydrogen) atoms. The Morgan fingerprint density at radius 1 is 0.400 bits per heavy atom.